The molecule has 4 fully saturated rings. The SMILES string of the molecule is COCC(C)(C)C1OCC2(CO1)COC(C(C)(C)COC(=O)CC(CC(CC(C)=O)C(=O)OC1CC(C)(C)N(C)C(C)(C)C1)C(=O)OC1CC(C)(C)N(C)C(C)(C)C1)OC2. The van der Waals surface area contributed by atoms with E-state index >= 15 is 0 Å². The van der Waals surface area contributed by atoms with E-state index in [0.29, 0.717) is 58.7 Å². The highest BCUT2D eigenvalue weighted by Gasteiger charge is 2.50. The average Bonchev–Trinajstić information content (AvgIpc) is 3.11. The van der Waals surface area contributed by atoms with Gasteiger partial charge in [-0.2, -0.15) is 0 Å². The molecule has 346 valence electrons. The molecule has 0 amide bonds. The van der Waals surface area contributed by atoms with Gasteiger partial charge in [0.1, 0.15) is 24.6 Å². The molecule has 0 aromatic heterocycles. The van der Waals surface area contributed by atoms with Crippen LogP contribution in [0.3, 0.4) is 0 Å². The maximum Gasteiger partial charge on any atom is 0.309 e. The maximum absolute atomic E-state index is 14.2. The lowest BCUT2D eigenvalue weighted by molar-refractivity contribution is -0.337. The van der Waals surface area contributed by atoms with Gasteiger partial charge in [0.25, 0.3) is 0 Å². The number of hydrogen-bond donors (Lipinski definition) is 0. The Morgan fingerprint density at radius 1 is 0.617 bits per heavy atom. The summed E-state index contributed by atoms with van der Waals surface area (Å²) in [4.78, 5) is 59.2. The van der Waals surface area contributed by atoms with Crippen LogP contribution in [0.2, 0.25) is 0 Å². The van der Waals surface area contributed by atoms with Crippen molar-refractivity contribution in [1.82, 2.24) is 9.80 Å². The monoisotopic (exact) mass is 853 g/mol. The summed E-state index contributed by atoms with van der Waals surface area (Å²) in [5.41, 5.74) is -2.53. The van der Waals surface area contributed by atoms with Gasteiger partial charge in [0, 0.05) is 72.2 Å². The molecule has 2 atom stereocenters. The van der Waals surface area contributed by atoms with Crippen molar-refractivity contribution < 1.29 is 57.1 Å². The Kier molecular flexibility index (Phi) is 15.9. The summed E-state index contributed by atoms with van der Waals surface area (Å²) in [6.07, 6.45) is -0.0251. The zero-order valence-corrected chi connectivity index (χ0v) is 39.9. The molecule has 0 aromatic rings. The fraction of sp³-hybridized carbons (Fsp3) is 0.913. The van der Waals surface area contributed by atoms with E-state index in [2.05, 4.69) is 79.3 Å². The smallest absolute Gasteiger partial charge is 0.309 e. The van der Waals surface area contributed by atoms with E-state index in [1.54, 1.807) is 7.11 Å². The molecule has 0 saturated carbocycles. The van der Waals surface area contributed by atoms with Crippen molar-refractivity contribution >= 4 is 23.7 Å². The standard InChI is InChI=1S/C46H80N2O12/c1-30(49)17-31(36(51)59-33-20-42(6,7)47(14)43(8,9)21-33)18-32(37(52)60-34-22-44(10,11)48(15)45(12,13)23-34)19-35(50)54-25-41(4,5)39-57-28-46(29-58-39)26-55-38(56-27-46)40(2,3)24-53-16/h31-34,38-39H,17-29H2,1-16H3. The molecule has 0 aromatic carbocycles. The lowest BCUT2D eigenvalue weighted by atomic mass is 9.78. The molecular weight excluding hydrogens is 773 g/mol. The number of piperidine rings is 2. The summed E-state index contributed by atoms with van der Waals surface area (Å²) in [7, 11) is 5.80. The summed E-state index contributed by atoms with van der Waals surface area (Å²) in [6.45, 7) is 28.1. The highest BCUT2D eigenvalue weighted by molar-refractivity contribution is 5.85. The lowest BCUT2D eigenvalue weighted by Gasteiger charge is -2.53. The topological polar surface area (TPSA) is 149 Å². The number of esters is 3. The first-order chi connectivity index (χ1) is 27.4. The molecule has 60 heavy (non-hydrogen) atoms. The summed E-state index contributed by atoms with van der Waals surface area (Å²) in [5.74, 6) is -4.00. The van der Waals surface area contributed by atoms with Crippen LogP contribution in [-0.4, -0.2) is 141 Å². The van der Waals surface area contributed by atoms with Gasteiger partial charge >= 0.3 is 17.9 Å². The molecular formula is C46H80N2O12. The van der Waals surface area contributed by atoms with Gasteiger partial charge < -0.3 is 42.7 Å². The molecule has 4 heterocycles. The molecule has 0 radical (unpaired) electrons. The van der Waals surface area contributed by atoms with Gasteiger partial charge in [0.05, 0.1) is 56.7 Å². The van der Waals surface area contributed by atoms with Crippen molar-refractivity contribution in [3.05, 3.63) is 0 Å². The molecule has 14 nitrogen and oxygen atoms in total. The van der Waals surface area contributed by atoms with Crippen molar-refractivity contribution in [3.8, 4) is 0 Å². The number of ketones is 1. The number of rotatable bonds is 16. The van der Waals surface area contributed by atoms with Crippen LogP contribution in [0, 0.1) is 28.1 Å². The second-order valence-electron chi connectivity index (χ2n) is 22.5. The van der Waals surface area contributed by atoms with Gasteiger partial charge in [-0.15, -0.1) is 0 Å². The van der Waals surface area contributed by atoms with E-state index in [9.17, 15) is 19.2 Å². The van der Waals surface area contributed by atoms with Crippen molar-refractivity contribution in [2.24, 2.45) is 28.1 Å². The quantitative estimate of drug-likeness (QED) is 0.126. The van der Waals surface area contributed by atoms with Crippen molar-refractivity contribution in [2.75, 3.05) is 60.8 Å². The average molecular weight is 853 g/mol. The number of carbonyl (C=O) groups excluding carboxylic acids is 4. The molecule has 2 unspecified atom stereocenters. The zero-order chi connectivity index (χ0) is 45.3. The van der Waals surface area contributed by atoms with E-state index in [4.69, 9.17) is 37.9 Å². The first-order valence-electron chi connectivity index (χ1n) is 21.9. The number of ether oxygens (including phenoxy) is 8. The Bertz CT molecular complexity index is 1470. The molecule has 0 bridgehead atoms. The van der Waals surface area contributed by atoms with Crippen molar-refractivity contribution in [2.45, 2.75) is 182 Å². The zero-order valence-electron chi connectivity index (χ0n) is 39.9. The van der Waals surface area contributed by atoms with Gasteiger partial charge in [0.15, 0.2) is 12.6 Å². The lowest BCUT2D eigenvalue weighted by Crippen LogP contribution is -2.60. The molecule has 4 aliphatic heterocycles. The summed E-state index contributed by atoms with van der Waals surface area (Å²) >= 11 is 0. The second kappa shape index (κ2) is 18.9. The molecule has 4 saturated heterocycles. The fourth-order valence-electron chi connectivity index (χ4n) is 9.76. The van der Waals surface area contributed by atoms with Crippen molar-refractivity contribution in [1.29, 1.82) is 0 Å². The molecule has 0 N–H and O–H groups in total. The Labute approximate surface area is 360 Å². The minimum atomic E-state index is -1.06. The normalized spacial score (nSPS) is 28.7. The predicted octanol–water partition coefficient (Wildman–Crippen LogP) is 6.34. The Balaban J connectivity index is 1.45. The van der Waals surface area contributed by atoms with E-state index < -0.39 is 59.3 Å². The third kappa shape index (κ3) is 12.5. The highest BCUT2D eigenvalue weighted by Crippen LogP contribution is 2.42. The van der Waals surface area contributed by atoms with Crippen LogP contribution < -0.4 is 0 Å². The minimum Gasteiger partial charge on any atom is -0.465 e. The molecule has 14 heteroatoms. The Hall–Kier alpha value is -2.20. The number of likely N-dealkylation sites (tertiary alicyclic amines) is 2. The number of hydrogen-bond acceptors (Lipinski definition) is 14. The van der Waals surface area contributed by atoms with Crippen molar-refractivity contribution in [3.63, 3.8) is 0 Å². The first-order valence-corrected chi connectivity index (χ1v) is 21.9. The van der Waals surface area contributed by atoms with Gasteiger partial charge in [0.2, 0.25) is 0 Å². The van der Waals surface area contributed by atoms with Crippen LogP contribution in [0.15, 0.2) is 0 Å². The Morgan fingerprint density at radius 2 is 0.967 bits per heavy atom. The summed E-state index contributed by atoms with van der Waals surface area (Å²) < 4.78 is 48.3. The molecule has 4 aliphatic rings. The highest BCUT2D eigenvalue weighted by atomic mass is 16.7. The first kappa shape index (κ1) is 50.4. The Morgan fingerprint density at radius 3 is 1.32 bits per heavy atom. The van der Waals surface area contributed by atoms with Gasteiger partial charge in [-0.25, -0.2) is 0 Å². The van der Waals surface area contributed by atoms with E-state index in [0.717, 1.165) is 0 Å². The van der Waals surface area contributed by atoms with Crippen LogP contribution >= 0.6 is 0 Å². The van der Waals surface area contributed by atoms with E-state index in [-0.39, 0.29) is 65.3 Å². The largest absolute Gasteiger partial charge is 0.465 e. The van der Waals surface area contributed by atoms with Crippen LogP contribution in [0.4, 0.5) is 0 Å². The number of nitrogens with zero attached hydrogens (tertiary/aromatic N) is 2. The number of Topliss-reactive ketones (excluding diaryl/α,β-unsaturated/α-hetero) is 1. The maximum atomic E-state index is 14.2. The van der Waals surface area contributed by atoms with Crippen LogP contribution in [0.1, 0.15) is 135 Å². The minimum absolute atomic E-state index is 0.0521. The molecule has 1 spiro atoms. The predicted molar refractivity (Wildman–Crippen MR) is 226 cm³/mol. The number of carbonyl (C=O) groups is 4. The van der Waals surface area contributed by atoms with Gasteiger partial charge in [-0.3, -0.25) is 24.2 Å². The van der Waals surface area contributed by atoms with Crippen LogP contribution in [-0.2, 0) is 57.1 Å². The number of methoxy groups -OCH3 is 1. The summed E-state index contributed by atoms with van der Waals surface area (Å²) in [5, 5.41) is 0. The van der Waals surface area contributed by atoms with E-state index in [1.165, 1.54) is 6.92 Å². The second-order valence-corrected chi connectivity index (χ2v) is 22.5. The van der Waals surface area contributed by atoms with Crippen LogP contribution in [0.5, 0.6) is 0 Å². The van der Waals surface area contributed by atoms with E-state index in [1.807, 2.05) is 27.7 Å². The third-order valence-corrected chi connectivity index (χ3v) is 13.9. The van der Waals surface area contributed by atoms with Crippen LogP contribution in [0.25, 0.3) is 0 Å². The third-order valence-electron chi connectivity index (χ3n) is 13.9. The fourth-order valence-corrected chi connectivity index (χ4v) is 9.76. The molecule has 4 rings (SSSR count). The van der Waals surface area contributed by atoms with Gasteiger partial charge in [-0.05, 0) is 82.8 Å². The van der Waals surface area contributed by atoms with Gasteiger partial charge in [-0.1, -0.05) is 27.7 Å². The summed E-state index contributed by atoms with van der Waals surface area (Å²) in [6, 6.07) is 0. The molecule has 0 aliphatic carbocycles.